The van der Waals surface area contributed by atoms with Gasteiger partial charge in [-0.1, -0.05) is 22.0 Å². The lowest BCUT2D eigenvalue weighted by molar-refractivity contribution is -0.109. The van der Waals surface area contributed by atoms with Crippen LogP contribution in [-0.4, -0.2) is 6.29 Å². The first-order valence-corrected chi connectivity index (χ1v) is 5.34. The second-order valence-electron chi connectivity index (χ2n) is 3.48. The third kappa shape index (κ3) is 1.68. The van der Waals surface area contributed by atoms with Gasteiger partial charge in [-0.25, -0.2) is 0 Å². The zero-order valence-electron chi connectivity index (χ0n) is 7.29. The summed E-state index contributed by atoms with van der Waals surface area (Å²) in [6, 6.07) is 6.21. The average molecular weight is 239 g/mol. The van der Waals surface area contributed by atoms with Crippen LogP contribution in [0.25, 0.3) is 0 Å². The minimum absolute atomic E-state index is 0.136. The SMILES string of the molecule is O=CC1CCCc2cc(Br)ccc21. The highest BCUT2D eigenvalue weighted by Gasteiger charge is 2.18. The molecule has 0 amide bonds. The lowest BCUT2D eigenvalue weighted by Crippen LogP contribution is -2.10. The smallest absolute Gasteiger partial charge is 0.127 e. The maximum Gasteiger partial charge on any atom is 0.127 e. The van der Waals surface area contributed by atoms with Gasteiger partial charge in [0.1, 0.15) is 6.29 Å². The zero-order valence-corrected chi connectivity index (χ0v) is 8.88. The van der Waals surface area contributed by atoms with Crippen LogP contribution < -0.4 is 0 Å². The molecule has 0 saturated heterocycles. The van der Waals surface area contributed by atoms with Gasteiger partial charge in [0.2, 0.25) is 0 Å². The van der Waals surface area contributed by atoms with E-state index in [1.54, 1.807) is 0 Å². The first-order valence-electron chi connectivity index (χ1n) is 4.55. The number of aryl methyl sites for hydroxylation is 1. The molecule has 1 nitrogen and oxygen atoms in total. The molecule has 1 aromatic rings. The molecule has 0 heterocycles. The first-order chi connectivity index (χ1) is 6.31. The Morgan fingerprint density at radius 1 is 1.46 bits per heavy atom. The van der Waals surface area contributed by atoms with Crippen LogP contribution in [0.4, 0.5) is 0 Å². The molecule has 2 rings (SSSR count). The molecule has 0 fully saturated rings. The summed E-state index contributed by atoms with van der Waals surface area (Å²) in [5.41, 5.74) is 2.56. The van der Waals surface area contributed by atoms with Crippen molar-refractivity contribution in [2.75, 3.05) is 0 Å². The fourth-order valence-corrected chi connectivity index (χ4v) is 2.37. The number of benzene rings is 1. The van der Waals surface area contributed by atoms with E-state index in [1.807, 2.05) is 6.07 Å². The lowest BCUT2D eigenvalue weighted by atomic mass is 9.84. The first kappa shape index (κ1) is 8.95. The van der Waals surface area contributed by atoms with E-state index in [1.165, 1.54) is 11.1 Å². The zero-order chi connectivity index (χ0) is 9.26. The molecule has 0 saturated carbocycles. The van der Waals surface area contributed by atoms with Gasteiger partial charge in [0.05, 0.1) is 0 Å². The van der Waals surface area contributed by atoms with E-state index >= 15 is 0 Å². The predicted octanol–water partition coefficient (Wildman–Crippen LogP) is 3.07. The summed E-state index contributed by atoms with van der Waals surface area (Å²) in [4.78, 5) is 10.8. The summed E-state index contributed by atoms with van der Waals surface area (Å²) in [6.45, 7) is 0. The van der Waals surface area contributed by atoms with E-state index in [0.29, 0.717) is 0 Å². The molecule has 2 heteroatoms. The molecule has 0 bridgehead atoms. The van der Waals surface area contributed by atoms with Gasteiger partial charge in [0.25, 0.3) is 0 Å². The fraction of sp³-hybridized carbons (Fsp3) is 0.364. The lowest BCUT2D eigenvalue weighted by Gasteiger charge is -2.21. The van der Waals surface area contributed by atoms with E-state index in [9.17, 15) is 4.79 Å². The van der Waals surface area contributed by atoms with Crippen molar-refractivity contribution in [3.8, 4) is 0 Å². The summed E-state index contributed by atoms with van der Waals surface area (Å²) < 4.78 is 1.11. The highest BCUT2D eigenvalue weighted by Crippen LogP contribution is 2.31. The van der Waals surface area contributed by atoms with Crippen LogP contribution in [0.1, 0.15) is 29.9 Å². The van der Waals surface area contributed by atoms with E-state index in [-0.39, 0.29) is 5.92 Å². The Balaban J connectivity index is 2.45. The second-order valence-corrected chi connectivity index (χ2v) is 4.39. The molecule has 0 radical (unpaired) electrons. The van der Waals surface area contributed by atoms with Crippen molar-refractivity contribution < 1.29 is 4.79 Å². The highest BCUT2D eigenvalue weighted by molar-refractivity contribution is 9.10. The molecule has 0 N–H and O–H groups in total. The van der Waals surface area contributed by atoms with Crippen LogP contribution in [-0.2, 0) is 11.2 Å². The number of fused-ring (bicyclic) bond motifs is 1. The van der Waals surface area contributed by atoms with Gasteiger partial charge in [0.15, 0.2) is 0 Å². The third-order valence-electron chi connectivity index (χ3n) is 2.63. The summed E-state index contributed by atoms with van der Waals surface area (Å²) >= 11 is 3.44. The van der Waals surface area contributed by atoms with Crippen molar-refractivity contribution in [3.63, 3.8) is 0 Å². The van der Waals surface area contributed by atoms with Gasteiger partial charge in [-0.05, 0) is 42.5 Å². The molecule has 1 aliphatic rings. The topological polar surface area (TPSA) is 17.1 Å². The third-order valence-corrected chi connectivity index (χ3v) is 3.12. The minimum Gasteiger partial charge on any atom is -0.303 e. The van der Waals surface area contributed by atoms with Crippen LogP contribution in [0.5, 0.6) is 0 Å². The Morgan fingerprint density at radius 3 is 3.08 bits per heavy atom. The molecule has 0 aliphatic heterocycles. The number of aldehydes is 1. The number of carbonyl (C=O) groups excluding carboxylic acids is 1. The van der Waals surface area contributed by atoms with Gasteiger partial charge >= 0.3 is 0 Å². The molecule has 68 valence electrons. The number of halogens is 1. The fourth-order valence-electron chi connectivity index (χ4n) is 1.96. The Kier molecular flexibility index (Phi) is 2.49. The largest absolute Gasteiger partial charge is 0.303 e. The minimum atomic E-state index is 0.136. The molecule has 1 aromatic carbocycles. The summed E-state index contributed by atoms with van der Waals surface area (Å²) in [5.74, 6) is 0.136. The number of hydrogen-bond donors (Lipinski definition) is 0. The molecule has 0 spiro atoms. The summed E-state index contributed by atoms with van der Waals surface area (Å²) in [5, 5.41) is 0. The molecule has 1 aliphatic carbocycles. The van der Waals surface area contributed by atoms with E-state index < -0.39 is 0 Å². The summed E-state index contributed by atoms with van der Waals surface area (Å²) in [7, 11) is 0. The molecule has 1 unspecified atom stereocenters. The average Bonchev–Trinajstić information content (AvgIpc) is 2.16. The van der Waals surface area contributed by atoms with Crippen LogP contribution >= 0.6 is 15.9 Å². The molecule has 13 heavy (non-hydrogen) atoms. The van der Waals surface area contributed by atoms with Gasteiger partial charge in [0, 0.05) is 10.4 Å². The van der Waals surface area contributed by atoms with E-state index in [4.69, 9.17) is 0 Å². The highest BCUT2D eigenvalue weighted by atomic mass is 79.9. The maximum atomic E-state index is 10.8. The van der Waals surface area contributed by atoms with Crippen molar-refractivity contribution in [2.24, 2.45) is 0 Å². The molecular weight excluding hydrogens is 228 g/mol. The number of hydrogen-bond acceptors (Lipinski definition) is 1. The van der Waals surface area contributed by atoms with Crippen LogP contribution in [0.15, 0.2) is 22.7 Å². The van der Waals surface area contributed by atoms with Crippen LogP contribution in [0, 0.1) is 0 Å². The Labute approximate surface area is 86.3 Å². The van der Waals surface area contributed by atoms with Gasteiger partial charge < -0.3 is 4.79 Å². The predicted molar refractivity (Wildman–Crippen MR) is 55.9 cm³/mol. The number of rotatable bonds is 1. The molecular formula is C11H11BrO. The van der Waals surface area contributed by atoms with Gasteiger partial charge in [-0.2, -0.15) is 0 Å². The van der Waals surface area contributed by atoms with Crippen LogP contribution in [0.2, 0.25) is 0 Å². The second kappa shape index (κ2) is 3.62. The Morgan fingerprint density at radius 2 is 2.31 bits per heavy atom. The van der Waals surface area contributed by atoms with Crippen LogP contribution in [0.3, 0.4) is 0 Å². The van der Waals surface area contributed by atoms with Crippen molar-refractivity contribution in [1.29, 1.82) is 0 Å². The van der Waals surface area contributed by atoms with Crippen molar-refractivity contribution in [2.45, 2.75) is 25.2 Å². The molecule has 1 atom stereocenters. The van der Waals surface area contributed by atoms with Crippen molar-refractivity contribution >= 4 is 22.2 Å². The van der Waals surface area contributed by atoms with E-state index in [2.05, 4.69) is 28.1 Å². The normalized spacial score (nSPS) is 20.8. The Hall–Kier alpha value is -0.630. The summed E-state index contributed by atoms with van der Waals surface area (Å²) in [6.07, 6.45) is 4.33. The van der Waals surface area contributed by atoms with Gasteiger partial charge in [-0.15, -0.1) is 0 Å². The van der Waals surface area contributed by atoms with Gasteiger partial charge in [-0.3, -0.25) is 0 Å². The standard InChI is InChI=1S/C11H11BrO/c12-10-4-5-11-8(6-10)2-1-3-9(11)7-13/h4-7,9H,1-3H2. The van der Waals surface area contributed by atoms with Crippen molar-refractivity contribution in [3.05, 3.63) is 33.8 Å². The molecule has 0 aromatic heterocycles. The number of carbonyl (C=O) groups is 1. The quantitative estimate of drug-likeness (QED) is 0.688. The van der Waals surface area contributed by atoms with Crippen molar-refractivity contribution in [1.82, 2.24) is 0 Å². The van der Waals surface area contributed by atoms with E-state index in [0.717, 1.165) is 30.0 Å². The Bertz CT molecular complexity index is 333. The monoisotopic (exact) mass is 238 g/mol. The maximum absolute atomic E-state index is 10.8.